The minimum absolute atomic E-state index is 0.518. The van der Waals surface area contributed by atoms with Crippen LogP contribution in [0.3, 0.4) is 0 Å². The molecule has 0 bridgehead atoms. The summed E-state index contributed by atoms with van der Waals surface area (Å²) in [5.74, 6) is 0. The number of pyridine rings is 1. The van der Waals surface area contributed by atoms with E-state index in [9.17, 15) is 0 Å². The van der Waals surface area contributed by atoms with Crippen molar-refractivity contribution in [2.75, 3.05) is 18.4 Å². The van der Waals surface area contributed by atoms with Crippen molar-refractivity contribution < 1.29 is 0 Å². The van der Waals surface area contributed by atoms with Crippen molar-refractivity contribution in [3.8, 4) is 0 Å². The van der Waals surface area contributed by atoms with E-state index >= 15 is 0 Å². The molecule has 0 atom stereocenters. The molecule has 0 amide bonds. The average Bonchev–Trinajstić information content (AvgIpc) is 2.15. The molecule has 1 aromatic rings. The molecule has 0 spiro atoms. The second kappa shape index (κ2) is 5.83. The highest BCUT2D eigenvalue weighted by atomic mass is 35.5. The van der Waals surface area contributed by atoms with E-state index in [0.29, 0.717) is 11.1 Å². The van der Waals surface area contributed by atoms with Crippen LogP contribution in [0.2, 0.25) is 5.02 Å². The molecule has 2 N–H and O–H groups in total. The normalized spacial score (nSPS) is 10.6. The van der Waals surface area contributed by atoms with Crippen molar-refractivity contribution in [3.05, 3.63) is 23.5 Å². The summed E-state index contributed by atoms with van der Waals surface area (Å²) >= 11 is 5.92. The summed E-state index contributed by atoms with van der Waals surface area (Å²) in [6, 6.07) is 2.39. The summed E-state index contributed by atoms with van der Waals surface area (Å²) in [4.78, 5) is 3.91. The van der Waals surface area contributed by atoms with Gasteiger partial charge in [-0.1, -0.05) is 25.4 Å². The smallest absolute Gasteiger partial charge is 0.0820 e. The molecule has 0 aliphatic carbocycles. The van der Waals surface area contributed by atoms with Gasteiger partial charge in [0.25, 0.3) is 0 Å². The van der Waals surface area contributed by atoms with Crippen molar-refractivity contribution in [3.63, 3.8) is 0 Å². The lowest BCUT2D eigenvalue weighted by Crippen LogP contribution is -2.28. The fourth-order valence-corrected chi connectivity index (χ4v) is 1.26. The van der Waals surface area contributed by atoms with Crippen LogP contribution in [0.4, 0.5) is 5.69 Å². The standard InChI is InChI=1S/C10H16ClN3/c1-8(2)13-5-6-14-10-3-4-12-7-9(10)11/h3-4,7-8,13H,5-6H2,1-2H3,(H,12,14). The van der Waals surface area contributed by atoms with Crippen LogP contribution in [0.15, 0.2) is 18.5 Å². The van der Waals surface area contributed by atoms with Crippen molar-refractivity contribution in [1.82, 2.24) is 10.3 Å². The number of rotatable bonds is 5. The molecule has 0 aliphatic rings. The second-order valence-corrected chi connectivity index (χ2v) is 3.80. The zero-order valence-corrected chi connectivity index (χ0v) is 9.30. The summed E-state index contributed by atoms with van der Waals surface area (Å²) in [6.07, 6.45) is 3.36. The van der Waals surface area contributed by atoms with Crippen LogP contribution >= 0.6 is 11.6 Å². The van der Waals surface area contributed by atoms with Crippen molar-refractivity contribution >= 4 is 17.3 Å². The van der Waals surface area contributed by atoms with Gasteiger partial charge in [-0.3, -0.25) is 4.98 Å². The first-order valence-corrected chi connectivity index (χ1v) is 5.14. The molecule has 0 unspecified atom stereocenters. The van der Waals surface area contributed by atoms with Crippen molar-refractivity contribution in [2.45, 2.75) is 19.9 Å². The predicted molar refractivity (Wildman–Crippen MR) is 60.9 cm³/mol. The van der Waals surface area contributed by atoms with Gasteiger partial charge in [0.15, 0.2) is 0 Å². The van der Waals surface area contributed by atoms with Crippen molar-refractivity contribution in [1.29, 1.82) is 0 Å². The highest BCUT2D eigenvalue weighted by molar-refractivity contribution is 6.33. The summed E-state index contributed by atoms with van der Waals surface area (Å²) in [5.41, 5.74) is 0.937. The minimum atomic E-state index is 0.518. The number of nitrogens with zero attached hydrogens (tertiary/aromatic N) is 1. The third-order valence-corrected chi connectivity index (χ3v) is 2.07. The Balaban J connectivity index is 2.28. The van der Waals surface area contributed by atoms with Crippen LogP contribution in [-0.2, 0) is 0 Å². The van der Waals surface area contributed by atoms with E-state index in [0.717, 1.165) is 18.8 Å². The summed E-state index contributed by atoms with van der Waals surface area (Å²) in [6.45, 7) is 6.04. The Kier molecular flexibility index (Phi) is 4.70. The lowest BCUT2D eigenvalue weighted by Gasteiger charge is -2.10. The van der Waals surface area contributed by atoms with Gasteiger partial charge in [-0.05, 0) is 6.07 Å². The van der Waals surface area contributed by atoms with E-state index < -0.39 is 0 Å². The first-order chi connectivity index (χ1) is 6.70. The monoisotopic (exact) mass is 213 g/mol. The lowest BCUT2D eigenvalue weighted by molar-refractivity contribution is 0.602. The van der Waals surface area contributed by atoms with E-state index in [4.69, 9.17) is 11.6 Å². The maximum absolute atomic E-state index is 5.92. The van der Waals surface area contributed by atoms with Gasteiger partial charge in [0, 0.05) is 31.5 Å². The fourth-order valence-electron chi connectivity index (χ4n) is 1.08. The molecule has 1 aromatic heterocycles. The molecule has 0 saturated carbocycles. The van der Waals surface area contributed by atoms with Gasteiger partial charge in [-0.25, -0.2) is 0 Å². The van der Waals surface area contributed by atoms with Crippen LogP contribution in [0, 0.1) is 0 Å². The lowest BCUT2D eigenvalue weighted by atomic mass is 10.4. The fraction of sp³-hybridized carbons (Fsp3) is 0.500. The highest BCUT2D eigenvalue weighted by Crippen LogP contribution is 2.18. The zero-order chi connectivity index (χ0) is 10.4. The number of nitrogens with one attached hydrogen (secondary N) is 2. The molecule has 0 saturated heterocycles. The molecule has 0 fully saturated rings. The van der Waals surface area contributed by atoms with Gasteiger partial charge in [0.05, 0.1) is 10.7 Å². The van der Waals surface area contributed by atoms with Crippen molar-refractivity contribution in [2.24, 2.45) is 0 Å². The maximum Gasteiger partial charge on any atom is 0.0820 e. The largest absolute Gasteiger partial charge is 0.382 e. The summed E-state index contributed by atoms with van der Waals surface area (Å²) in [7, 11) is 0. The topological polar surface area (TPSA) is 37.0 Å². The van der Waals surface area contributed by atoms with Gasteiger partial charge in [-0.2, -0.15) is 0 Å². The molecule has 14 heavy (non-hydrogen) atoms. The van der Waals surface area contributed by atoms with Gasteiger partial charge in [0.1, 0.15) is 0 Å². The Morgan fingerprint density at radius 2 is 2.21 bits per heavy atom. The molecule has 0 radical (unpaired) electrons. The van der Waals surface area contributed by atoms with Crippen LogP contribution in [0.25, 0.3) is 0 Å². The van der Waals surface area contributed by atoms with E-state index in [1.54, 1.807) is 12.4 Å². The average molecular weight is 214 g/mol. The van der Waals surface area contributed by atoms with Crippen LogP contribution in [-0.4, -0.2) is 24.1 Å². The Hall–Kier alpha value is -0.800. The molecule has 78 valence electrons. The molecule has 0 aromatic carbocycles. The first kappa shape index (κ1) is 11.3. The van der Waals surface area contributed by atoms with E-state index in [2.05, 4.69) is 29.5 Å². The van der Waals surface area contributed by atoms with Gasteiger partial charge >= 0.3 is 0 Å². The second-order valence-electron chi connectivity index (χ2n) is 3.39. The molecule has 4 heteroatoms. The predicted octanol–water partition coefficient (Wildman–Crippen LogP) is 2.14. The van der Waals surface area contributed by atoms with Gasteiger partial charge in [0.2, 0.25) is 0 Å². The summed E-state index contributed by atoms with van der Waals surface area (Å²) in [5, 5.41) is 7.21. The number of hydrogen-bond donors (Lipinski definition) is 2. The Labute approximate surface area is 89.9 Å². The van der Waals surface area contributed by atoms with Gasteiger partial charge in [-0.15, -0.1) is 0 Å². The number of anilines is 1. The SMILES string of the molecule is CC(C)NCCNc1ccncc1Cl. The summed E-state index contributed by atoms with van der Waals surface area (Å²) < 4.78 is 0. The highest BCUT2D eigenvalue weighted by Gasteiger charge is 1.97. The molecular formula is C10H16ClN3. The van der Waals surface area contributed by atoms with E-state index in [1.165, 1.54) is 0 Å². The van der Waals surface area contributed by atoms with Crippen LogP contribution < -0.4 is 10.6 Å². The molecule has 0 aliphatic heterocycles. The van der Waals surface area contributed by atoms with E-state index in [1.807, 2.05) is 6.07 Å². The number of hydrogen-bond acceptors (Lipinski definition) is 3. The van der Waals surface area contributed by atoms with Gasteiger partial charge < -0.3 is 10.6 Å². The molecular weight excluding hydrogens is 198 g/mol. The Bertz CT molecular complexity index is 276. The third-order valence-electron chi connectivity index (χ3n) is 1.77. The number of aromatic nitrogens is 1. The molecule has 1 rings (SSSR count). The first-order valence-electron chi connectivity index (χ1n) is 4.77. The Morgan fingerprint density at radius 3 is 2.86 bits per heavy atom. The Morgan fingerprint density at radius 1 is 1.43 bits per heavy atom. The number of halogens is 1. The van der Waals surface area contributed by atoms with E-state index in [-0.39, 0.29) is 0 Å². The maximum atomic E-state index is 5.92. The zero-order valence-electron chi connectivity index (χ0n) is 8.55. The molecule has 3 nitrogen and oxygen atoms in total. The third kappa shape index (κ3) is 3.94. The van der Waals surface area contributed by atoms with Crippen LogP contribution in [0.5, 0.6) is 0 Å². The minimum Gasteiger partial charge on any atom is -0.382 e. The van der Waals surface area contributed by atoms with Crippen LogP contribution in [0.1, 0.15) is 13.8 Å². The molecule has 1 heterocycles. The quantitative estimate of drug-likeness (QED) is 0.736.